The lowest BCUT2D eigenvalue weighted by Crippen LogP contribution is -2.40. The number of aryl methyl sites for hydroxylation is 1. The minimum absolute atomic E-state index is 0.0186. The third-order valence-corrected chi connectivity index (χ3v) is 6.15. The van der Waals surface area contributed by atoms with Crippen molar-refractivity contribution >= 4 is 12.3 Å². The maximum absolute atomic E-state index is 12.0. The predicted molar refractivity (Wildman–Crippen MR) is 147 cm³/mol. The van der Waals surface area contributed by atoms with Crippen molar-refractivity contribution in [2.24, 2.45) is 0 Å². The lowest BCUT2D eigenvalue weighted by Gasteiger charge is -2.26. The molecule has 0 spiro atoms. The fourth-order valence-electron chi connectivity index (χ4n) is 4.09. The lowest BCUT2D eigenvalue weighted by molar-refractivity contribution is -0.137. The number of hydrogen-bond donors (Lipinski definition) is 3. The van der Waals surface area contributed by atoms with Gasteiger partial charge in [-0.3, -0.25) is 14.6 Å². The minimum atomic E-state index is -4.22. The van der Waals surface area contributed by atoms with Crippen molar-refractivity contribution in [2.75, 3.05) is 26.2 Å². The minimum Gasteiger partial charge on any atom is -0.393 e. The molecule has 218 valence electrons. The van der Waals surface area contributed by atoms with Crippen LogP contribution in [0.5, 0.6) is 0 Å². The topological polar surface area (TPSA) is 94.6 Å². The van der Waals surface area contributed by atoms with Gasteiger partial charge in [0.05, 0.1) is 18.2 Å². The number of amides is 2. The molecular weight excluding hydrogens is 509 g/mol. The lowest BCUT2D eigenvalue weighted by atomic mass is 9.93. The molecule has 1 saturated heterocycles. The molecule has 39 heavy (non-hydrogen) atoms. The number of benzene rings is 1. The second-order valence-corrected chi connectivity index (χ2v) is 9.40. The highest BCUT2D eigenvalue weighted by atomic mass is 19.4. The fourth-order valence-corrected chi connectivity index (χ4v) is 4.09. The molecule has 3 N–H and O–H groups in total. The summed E-state index contributed by atoms with van der Waals surface area (Å²) < 4.78 is 35.9. The number of carbonyl (C=O) groups excluding carboxylic acids is 2. The van der Waals surface area contributed by atoms with E-state index in [0.717, 1.165) is 70.3 Å². The monoisotopic (exact) mass is 552 g/mol. The predicted octanol–water partition coefficient (Wildman–Crippen LogP) is 4.74. The Hall–Kier alpha value is -2.98. The second kappa shape index (κ2) is 20.0. The molecule has 7 nitrogen and oxygen atoms in total. The molecule has 1 aliphatic carbocycles. The van der Waals surface area contributed by atoms with Gasteiger partial charge in [-0.2, -0.15) is 13.2 Å². The van der Waals surface area contributed by atoms with Gasteiger partial charge in [-0.25, -0.2) is 0 Å². The number of rotatable bonds is 5. The van der Waals surface area contributed by atoms with Crippen LogP contribution in [-0.2, 0) is 15.8 Å². The van der Waals surface area contributed by atoms with Gasteiger partial charge in [-0.1, -0.05) is 36.8 Å². The zero-order chi connectivity index (χ0) is 28.9. The van der Waals surface area contributed by atoms with Gasteiger partial charge in [0.25, 0.3) is 0 Å². The van der Waals surface area contributed by atoms with E-state index in [1.165, 1.54) is 12.5 Å². The smallest absolute Gasteiger partial charge is 0.393 e. The Kier molecular flexibility index (Phi) is 17.5. The average Bonchev–Trinajstić information content (AvgIpc) is 2.95. The third kappa shape index (κ3) is 16.6. The molecule has 1 aliphatic heterocycles. The Balaban J connectivity index is 0.000000266. The molecule has 0 bridgehead atoms. The summed E-state index contributed by atoms with van der Waals surface area (Å²) in [6, 6.07) is 11.6. The number of aliphatic hydroxyl groups is 1. The van der Waals surface area contributed by atoms with Crippen LogP contribution in [0.4, 0.5) is 13.2 Å². The third-order valence-electron chi connectivity index (χ3n) is 6.15. The molecular formula is C29H43F3N4O3. The van der Waals surface area contributed by atoms with Crippen LogP contribution >= 0.6 is 0 Å². The van der Waals surface area contributed by atoms with Gasteiger partial charge >= 0.3 is 6.18 Å². The number of hydrogen-bond acceptors (Lipinski definition) is 5. The highest BCUT2D eigenvalue weighted by Crippen LogP contribution is 2.29. The molecule has 1 aromatic heterocycles. The van der Waals surface area contributed by atoms with Crippen LogP contribution in [0.1, 0.15) is 63.0 Å². The van der Waals surface area contributed by atoms with Crippen LogP contribution < -0.4 is 10.6 Å². The first-order valence-electron chi connectivity index (χ1n) is 13.5. The van der Waals surface area contributed by atoms with Crippen molar-refractivity contribution in [1.29, 1.82) is 0 Å². The number of aromatic nitrogens is 1. The first kappa shape index (κ1) is 34.0. The number of nitrogens with one attached hydrogen (secondary N) is 2. The van der Waals surface area contributed by atoms with Crippen LogP contribution in [0.3, 0.4) is 0 Å². The van der Waals surface area contributed by atoms with Crippen LogP contribution in [0, 0.1) is 6.92 Å². The van der Waals surface area contributed by atoms with Crippen LogP contribution in [0.25, 0.3) is 0 Å². The summed E-state index contributed by atoms with van der Waals surface area (Å²) in [4.78, 5) is 26.8. The van der Waals surface area contributed by atoms with E-state index in [-0.39, 0.29) is 18.6 Å². The Bertz CT molecular complexity index is 875. The number of carbonyl (C=O) groups is 2. The number of piperidine rings is 1. The molecule has 1 saturated carbocycles. The van der Waals surface area contributed by atoms with Gasteiger partial charge in [0, 0.05) is 31.5 Å². The van der Waals surface area contributed by atoms with Gasteiger partial charge in [0.15, 0.2) is 0 Å². The number of nitrogens with zero attached hydrogens (tertiary/aromatic N) is 2. The summed E-state index contributed by atoms with van der Waals surface area (Å²) in [6.07, 6.45) is 7.48. The molecule has 0 radical (unpaired) electrons. The summed E-state index contributed by atoms with van der Waals surface area (Å²) in [7, 11) is 0. The SMILES string of the molecule is CCNC1CCC(O)CC1.Cc1cccc(C(F)(F)F)c1.O=CNCC(=O)N1CCCCC1.c1ccncc1. The van der Waals surface area contributed by atoms with E-state index in [9.17, 15) is 22.8 Å². The Morgan fingerprint density at radius 2 is 1.69 bits per heavy atom. The number of aliphatic hydroxyl groups excluding tert-OH is 1. The Morgan fingerprint density at radius 3 is 2.13 bits per heavy atom. The Morgan fingerprint density at radius 1 is 1.05 bits per heavy atom. The van der Waals surface area contributed by atoms with Gasteiger partial charge in [-0.05, 0) is 76.6 Å². The van der Waals surface area contributed by atoms with Crippen molar-refractivity contribution in [3.05, 3.63) is 66.0 Å². The van der Waals surface area contributed by atoms with Crippen molar-refractivity contribution in [3.8, 4) is 0 Å². The highest BCUT2D eigenvalue weighted by molar-refractivity contribution is 5.80. The number of halogens is 3. The van der Waals surface area contributed by atoms with E-state index in [1.54, 1.807) is 30.3 Å². The van der Waals surface area contributed by atoms with E-state index < -0.39 is 11.7 Å². The molecule has 10 heteroatoms. The van der Waals surface area contributed by atoms with Gasteiger partial charge < -0.3 is 20.6 Å². The summed E-state index contributed by atoms with van der Waals surface area (Å²) in [5, 5.41) is 14.9. The van der Waals surface area contributed by atoms with Crippen molar-refractivity contribution in [3.63, 3.8) is 0 Å². The normalized spacial score (nSPS) is 18.6. The van der Waals surface area contributed by atoms with Gasteiger partial charge in [-0.15, -0.1) is 0 Å². The maximum Gasteiger partial charge on any atom is 0.416 e. The van der Waals surface area contributed by atoms with E-state index >= 15 is 0 Å². The molecule has 2 heterocycles. The molecule has 0 atom stereocenters. The molecule has 2 aliphatic rings. The zero-order valence-electron chi connectivity index (χ0n) is 23.0. The van der Waals surface area contributed by atoms with Crippen LogP contribution in [0.15, 0.2) is 54.9 Å². The quantitative estimate of drug-likeness (QED) is 0.466. The number of likely N-dealkylation sites (tertiary alicyclic amines) is 1. The van der Waals surface area contributed by atoms with E-state index in [2.05, 4.69) is 22.5 Å². The largest absolute Gasteiger partial charge is 0.416 e. The number of alkyl halides is 3. The number of pyridine rings is 1. The summed E-state index contributed by atoms with van der Waals surface area (Å²) in [5.74, 6) is 0.0294. The highest BCUT2D eigenvalue weighted by Gasteiger charge is 2.29. The first-order valence-corrected chi connectivity index (χ1v) is 13.5. The zero-order valence-corrected chi connectivity index (χ0v) is 23.0. The Labute approximate surface area is 230 Å². The summed E-state index contributed by atoms with van der Waals surface area (Å²) in [6.45, 7) is 6.66. The van der Waals surface area contributed by atoms with Crippen molar-refractivity contribution in [1.82, 2.24) is 20.5 Å². The van der Waals surface area contributed by atoms with Gasteiger partial charge in [0.2, 0.25) is 12.3 Å². The standard InChI is InChI=1S/C8H7F3.C8H14N2O2.C8H17NO.C5H5N/c1-6-3-2-4-7(5-6)8(9,10)11;11-7-9-6-8(12)10-4-2-1-3-5-10;1-2-9-7-3-5-8(10)6-4-7;1-2-4-6-5-3-1/h2-5H,1H3;7H,1-6H2,(H,9,11);7-10H,2-6H2,1H3;1-5H. The molecule has 2 aromatic rings. The fraction of sp³-hybridized carbons (Fsp3) is 0.552. The van der Waals surface area contributed by atoms with Crippen LogP contribution in [0.2, 0.25) is 0 Å². The molecule has 1 aromatic carbocycles. The summed E-state index contributed by atoms with van der Waals surface area (Å²) >= 11 is 0. The van der Waals surface area contributed by atoms with E-state index in [4.69, 9.17) is 5.11 Å². The second-order valence-electron chi connectivity index (χ2n) is 9.40. The molecule has 0 unspecified atom stereocenters. The maximum atomic E-state index is 12.0. The van der Waals surface area contributed by atoms with Crippen LogP contribution in [-0.4, -0.2) is 65.6 Å². The van der Waals surface area contributed by atoms with Gasteiger partial charge in [0.1, 0.15) is 0 Å². The first-order chi connectivity index (χ1) is 18.7. The van der Waals surface area contributed by atoms with Crippen molar-refractivity contribution in [2.45, 2.75) is 77.1 Å². The van der Waals surface area contributed by atoms with Crippen molar-refractivity contribution < 1.29 is 27.9 Å². The molecule has 2 fully saturated rings. The average molecular weight is 553 g/mol. The van der Waals surface area contributed by atoms with E-state index in [1.807, 2.05) is 18.2 Å². The van der Waals surface area contributed by atoms with E-state index in [0.29, 0.717) is 18.0 Å². The summed E-state index contributed by atoms with van der Waals surface area (Å²) in [5.41, 5.74) is 0.0392. The molecule has 2 amide bonds. The molecule has 4 rings (SSSR count).